The van der Waals surface area contributed by atoms with Gasteiger partial charge in [-0.1, -0.05) is 13.0 Å². The maximum Gasteiger partial charge on any atom is 0.261 e. The van der Waals surface area contributed by atoms with E-state index in [0.717, 1.165) is 6.42 Å². The van der Waals surface area contributed by atoms with E-state index in [4.69, 9.17) is 15.4 Å². The lowest BCUT2D eigenvalue weighted by Gasteiger charge is -2.04. The molecular weight excluding hydrogens is 224 g/mol. The van der Waals surface area contributed by atoms with Gasteiger partial charge in [-0.3, -0.25) is 0 Å². The van der Waals surface area contributed by atoms with E-state index in [9.17, 15) is 8.42 Å². The molecule has 0 atom stereocenters. The van der Waals surface area contributed by atoms with Crippen LogP contribution in [0.1, 0.15) is 13.3 Å². The Labute approximate surface area is 88.1 Å². The zero-order chi connectivity index (χ0) is 10.6. The van der Waals surface area contributed by atoms with E-state index in [1.165, 1.54) is 12.1 Å². The van der Waals surface area contributed by atoms with Crippen molar-refractivity contribution in [3.8, 4) is 5.75 Å². The van der Waals surface area contributed by atoms with Crippen LogP contribution in [0.5, 0.6) is 5.75 Å². The van der Waals surface area contributed by atoms with Crippen molar-refractivity contribution in [3.05, 3.63) is 24.3 Å². The zero-order valence-corrected chi connectivity index (χ0v) is 9.31. The third-order valence-electron chi connectivity index (χ3n) is 1.56. The van der Waals surface area contributed by atoms with Gasteiger partial charge in [0.05, 0.1) is 11.5 Å². The van der Waals surface area contributed by atoms with E-state index in [1.807, 2.05) is 6.92 Å². The number of hydrogen-bond acceptors (Lipinski definition) is 3. The van der Waals surface area contributed by atoms with Crippen molar-refractivity contribution in [1.82, 2.24) is 0 Å². The van der Waals surface area contributed by atoms with Crippen molar-refractivity contribution in [3.63, 3.8) is 0 Å². The molecule has 0 aliphatic heterocycles. The lowest BCUT2D eigenvalue weighted by Crippen LogP contribution is -1.96. The van der Waals surface area contributed by atoms with E-state index in [1.54, 1.807) is 12.1 Å². The van der Waals surface area contributed by atoms with Gasteiger partial charge >= 0.3 is 0 Å². The molecule has 14 heavy (non-hydrogen) atoms. The van der Waals surface area contributed by atoms with Gasteiger partial charge < -0.3 is 4.74 Å². The Kier molecular flexibility index (Phi) is 3.77. The van der Waals surface area contributed by atoms with Gasteiger partial charge in [0, 0.05) is 16.7 Å². The largest absolute Gasteiger partial charge is 0.494 e. The van der Waals surface area contributed by atoms with Gasteiger partial charge in [-0.2, -0.15) is 0 Å². The maximum absolute atomic E-state index is 11.0. The highest BCUT2D eigenvalue weighted by Crippen LogP contribution is 2.20. The lowest BCUT2D eigenvalue weighted by atomic mass is 10.3. The first-order chi connectivity index (χ1) is 6.54. The third kappa shape index (κ3) is 3.20. The summed E-state index contributed by atoms with van der Waals surface area (Å²) in [6.07, 6.45) is 0.873. The molecule has 0 fully saturated rings. The van der Waals surface area contributed by atoms with Gasteiger partial charge in [-0.15, -0.1) is 0 Å². The average Bonchev–Trinajstić information content (AvgIpc) is 2.14. The summed E-state index contributed by atoms with van der Waals surface area (Å²) in [5.41, 5.74) is 0. The van der Waals surface area contributed by atoms with E-state index in [2.05, 4.69) is 0 Å². The monoisotopic (exact) mass is 234 g/mol. The molecule has 0 aromatic heterocycles. The van der Waals surface area contributed by atoms with Gasteiger partial charge in [0.15, 0.2) is 0 Å². The fourth-order valence-corrected chi connectivity index (χ4v) is 1.72. The minimum Gasteiger partial charge on any atom is -0.494 e. The van der Waals surface area contributed by atoms with Crippen LogP contribution in [0.15, 0.2) is 29.2 Å². The summed E-state index contributed by atoms with van der Waals surface area (Å²) in [5.74, 6) is 0.522. The zero-order valence-electron chi connectivity index (χ0n) is 7.73. The second-order valence-corrected chi connectivity index (χ2v) is 5.33. The Morgan fingerprint density at radius 1 is 1.43 bits per heavy atom. The Morgan fingerprint density at radius 2 is 2.14 bits per heavy atom. The molecule has 0 amide bonds. The molecule has 5 heteroatoms. The van der Waals surface area contributed by atoms with E-state index < -0.39 is 9.05 Å². The fraction of sp³-hybridized carbons (Fsp3) is 0.333. The number of ether oxygens (including phenoxy) is 1. The average molecular weight is 235 g/mol. The summed E-state index contributed by atoms with van der Waals surface area (Å²) >= 11 is 0. The van der Waals surface area contributed by atoms with Crippen LogP contribution in [0.3, 0.4) is 0 Å². The molecule has 1 rings (SSSR count). The third-order valence-corrected chi connectivity index (χ3v) is 2.91. The molecular formula is C9H11ClO3S. The normalized spacial score (nSPS) is 11.3. The Balaban J connectivity index is 2.90. The second-order valence-electron chi connectivity index (χ2n) is 2.76. The summed E-state index contributed by atoms with van der Waals surface area (Å²) in [6, 6.07) is 6.14. The fourth-order valence-electron chi connectivity index (χ4n) is 0.936. The van der Waals surface area contributed by atoms with Gasteiger partial charge in [0.25, 0.3) is 9.05 Å². The topological polar surface area (TPSA) is 43.4 Å². The van der Waals surface area contributed by atoms with Crippen molar-refractivity contribution < 1.29 is 13.2 Å². The molecule has 0 aliphatic carbocycles. The van der Waals surface area contributed by atoms with Crippen molar-refractivity contribution in [2.24, 2.45) is 0 Å². The standard InChI is InChI=1S/C9H11ClO3S/c1-2-6-13-8-4-3-5-9(7-8)14(10,11)12/h3-5,7H,2,6H2,1H3. The van der Waals surface area contributed by atoms with E-state index in [-0.39, 0.29) is 4.90 Å². The van der Waals surface area contributed by atoms with Crippen LogP contribution in [0.25, 0.3) is 0 Å². The van der Waals surface area contributed by atoms with Crippen molar-refractivity contribution >= 4 is 19.7 Å². The molecule has 3 nitrogen and oxygen atoms in total. The van der Waals surface area contributed by atoms with E-state index >= 15 is 0 Å². The molecule has 1 aromatic carbocycles. The number of benzene rings is 1. The first kappa shape index (κ1) is 11.3. The molecule has 1 aromatic rings. The van der Waals surface area contributed by atoms with Gasteiger partial charge in [0.2, 0.25) is 0 Å². The van der Waals surface area contributed by atoms with Crippen LogP contribution in [0.2, 0.25) is 0 Å². The van der Waals surface area contributed by atoms with Crippen molar-refractivity contribution in [2.45, 2.75) is 18.2 Å². The smallest absolute Gasteiger partial charge is 0.261 e. The van der Waals surface area contributed by atoms with Crippen molar-refractivity contribution in [2.75, 3.05) is 6.61 Å². The molecule has 78 valence electrons. The van der Waals surface area contributed by atoms with Gasteiger partial charge in [0.1, 0.15) is 5.75 Å². The van der Waals surface area contributed by atoms with Crippen LogP contribution in [0, 0.1) is 0 Å². The molecule has 0 radical (unpaired) electrons. The first-order valence-electron chi connectivity index (χ1n) is 4.21. The number of rotatable bonds is 4. The summed E-state index contributed by atoms with van der Waals surface area (Å²) in [6.45, 7) is 2.54. The Hall–Kier alpha value is -0.740. The predicted octanol–water partition coefficient (Wildman–Crippen LogP) is 2.40. The Morgan fingerprint density at radius 3 is 2.71 bits per heavy atom. The van der Waals surface area contributed by atoms with Gasteiger partial charge in [-0.05, 0) is 18.6 Å². The summed E-state index contributed by atoms with van der Waals surface area (Å²) < 4.78 is 27.2. The quantitative estimate of drug-likeness (QED) is 0.752. The first-order valence-corrected chi connectivity index (χ1v) is 6.52. The highest BCUT2D eigenvalue weighted by molar-refractivity contribution is 8.13. The highest BCUT2D eigenvalue weighted by atomic mass is 35.7. The molecule has 0 spiro atoms. The van der Waals surface area contributed by atoms with Gasteiger partial charge in [-0.25, -0.2) is 8.42 Å². The van der Waals surface area contributed by atoms with Crippen LogP contribution >= 0.6 is 10.7 Å². The van der Waals surface area contributed by atoms with Crippen LogP contribution in [0.4, 0.5) is 0 Å². The minimum atomic E-state index is -3.66. The maximum atomic E-state index is 11.0. The summed E-state index contributed by atoms with van der Waals surface area (Å²) in [5, 5.41) is 0. The Bertz CT molecular complexity index is 400. The molecule has 0 N–H and O–H groups in total. The second kappa shape index (κ2) is 4.66. The van der Waals surface area contributed by atoms with Crippen LogP contribution in [-0.4, -0.2) is 15.0 Å². The highest BCUT2D eigenvalue weighted by Gasteiger charge is 2.09. The summed E-state index contributed by atoms with van der Waals surface area (Å²) in [7, 11) is 1.52. The molecule has 0 bridgehead atoms. The molecule has 0 saturated heterocycles. The van der Waals surface area contributed by atoms with Crippen LogP contribution < -0.4 is 4.74 Å². The lowest BCUT2D eigenvalue weighted by molar-refractivity contribution is 0.316. The summed E-state index contributed by atoms with van der Waals surface area (Å²) in [4.78, 5) is 0.0627. The molecule has 0 aliphatic rings. The molecule has 0 unspecified atom stereocenters. The predicted molar refractivity (Wildman–Crippen MR) is 55.3 cm³/mol. The molecule has 0 saturated carbocycles. The SMILES string of the molecule is CCCOc1cccc(S(=O)(=O)Cl)c1. The molecule has 0 heterocycles. The van der Waals surface area contributed by atoms with Crippen LogP contribution in [-0.2, 0) is 9.05 Å². The number of halogens is 1. The minimum absolute atomic E-state index is 0.0627. The number of hydrogen-bond donors (Lipinski definition) is 0. The van der Waals surface area contributed by atoms with E-state index in [0.29, 0.717) is 12.4 Å². The van der Waals surface area contributed by atoms with Crippen molar-refractivity contribution in [1.29, 1.82) is 0 Å².